The van der Waals surface area contributed by atoms with Gasteiger partial charge in [-0.3, -0.25) is 19.2 Å². The van der Waals surface area contributed by atoms with Crippen LogP contribution in [0.4, 0.5) is 0 Å². The molecule has 0 fully saturated rings. The third kappa shape index (κ3) is 18.4. The summed E-state index contributed by atoms with van der Waals surface area (Å²) in [4.78, 5) is 46.4. The summed E-state index contributed by atoms with van der Waals surface area (Å²) in [5, 5.41) is 0. The molecule has 0 amide bonds. The molecule has 0 atom stereocenters. The maximum absolute atomic E-state index is 12.1. The average Bonchev–Trinajstić information content (AvgIpc) is 2.72. The minimum atomic E-state index is -0.641. The van der Waals surface area contributed by atoms with Crippen LogP contribution in [0.25, 0.3) is 0 Å². The van der Waals surface area contributed by atoms with Gasteiger partial charge in [-0.25, -0.2) is 0 Å². The van der Waals surface area contributed by atoms with Crippen LogP contribution in [0.2, 0.25) is 0 Å². The van der Waals surface area contributed by atoms with Gasteiger partial charge in [0.2, 0.25) is 0 Å². The minimum Gasteiger partial charge on any atom is -0.466 e. The van der Waals surface area contributed by atoms with Gasteiger partial charge in [-0.15, -0.1) is 0 Å². The van der Waals surface area contributed by atoms with Crippen LogP contribution in [0.3, 0.4) is 0 Å². The Morgan fingerprint density at radius 2 is 1.06 bits per heavy atom. The molecule has 0 rings (SSSR count). The minimum absolute atomic E-state index is 0.221. The Labute approximate surface area is 200 Å². The number of rotatable bonds is 20. The van der Waals surface area contributed by atoms with Gasteiger partial charge in [0, 0.05) is 51.4 Å². The van der Waals surface area contributed by atoms with E-state index in [1.54, 1.807) is 0 Å². The van der Waals surface area contributed by atoms with Crippen molar-refractivity contribution in [2.24, 2.45) is 0 Å². The number of hydrogen-bond acceptors (Lipinski definition) is 7. The van der Waals surface area contributed by atoms with Crippen LogP contribution in [0.5, 0.6) is 0 Å². The lowest BCUT2D eigenvalue weighted by atomic mass is 10.0. The smallest absolute Gasteiger partial charge is 0.306 e. The van der Waals surface area contributed by atoms with Crippen molar-refractivity contribution < 1.29 is 33.4 Å². The zero-order chi connectivity index (χ0) is 25.3. The molecule has 0 saturated heterocycles. The first-order valence-electron chi connectivity index (χ1n) is 12.5. The lowest BCUT2D eigenvalue weighted by molar-refractivity contribution is -0.159. The van der Waals surface area contributed by atoms with Crippen molar-refractivity contribution in [3.8, 4) is 0 Å². The lowest BCUT2D eigenvalue weighted by Gasteiger charge is -2.29. The monoisotopic (exact) mass is 470 g/mol. The predicted molar refractivity (Wildman–Crippen MR) is 128 cm³/mol. The molecule has 7 nitrogen and oxygen atoms in total. The van der Waals surface area contributed by atoms with E-state index in [0.29, 0.717) is 77.2 Å². The molecule has 0 aromatic rings. The Morgan fingerprint density at radius 1 is 0.606 bits per heavy atom. The van der Waals surface area contributed by atoms with Crippen LogP contribution < -0.4 is 0 Å². The maximum Gasteiger partial charge on any atom is 0.306 e. The summed E-state index contributed by atoms with van der Waals surface area (Å²) in [5.74, 6) is -0.0605. The number of hydrogen-bond donors (Lipinski definition) is 0. The van der Waals surface area contributed by atoms with Crippen molar-refractivity contribution in [3.05, 3.63) is 0 Å². The first-order valence-corrected chi connectivity index (χ1v) is 12.5. The molecule has 0 unspecified atom stereocenters. The third-order valence-electron chi connectivity index (χ3n) is 5.52. The van der Waals surface area contributed by atoms with Crippen molar-refractivity contribution in [1.29, 1.82) is 0 Å². The molecule has 0 bridgehead atoms. The van der Waals surface area contributed by atoms with E-state index in [0.717, 1.165) is 6.42 Å². The third-order valence-corrected chi connectivity index (χ3v) is 5.52. The van der Waals surface area contributed by atoms with Crippen LogP contribution >= 0.6 is 0 Å². The standard InChI is InChI=1S/C26H46O7/c1-7-21(27)13-9-11-15-23(29)31-19-17-25(3,4)32-20-18-26(5,6)33-24(30)16-12-10-14-22(28)8-2/h7-20H2,1-6H3. The van der Waals surface area contributed by atoms with Gasteiger partial charge in [-0.1, -0.05) is 13.8 Å². The molecule has 33 heavy (non-hydrogen) atoms. The summed E-state index contributed by atoms with van der Waals surface area (Å²) < 4.78 is 16.8. The van der Waals surface area contributed by atoms with Crippen molar-refractivity contribution in [2.75, 3.05) is 13.2 Å². The molecule has 0 N–H and O–H groups in total. The number of esters is 2. The number of Topliss-reactive ketones (excluding diaryl/α,β-unsaturated/α-hetero) is 2. The van der Waals surface area contributed by atoms with Crippen molar-refractivity contribution >= 4 is 23.5 Å². The van der Waals surface area contributed by atoms with E-state index in [1.807, 2.05) is 41.5 Å². The highest BCUT2D eigenvalue weighted by atomic mass is 16.6. The van der Waals surface area contributed by atoms with Crippen molar-refractivity contribution in [1.82, 2.24) is 0 Å². The fraction of sp³-hybridized carbons (Fsp3) is 0.846. The summed E-state index contributed by atoms with van der Waals surface area (Å²) in [6.45, 7) is 12.0. The second kappa shape index (κ2) is 16.8. The highest BCUT2D eigenvalue weighted by Crippen LogP contribution is 2.21. The van der Waals surface area contributed by atoms with Gasteiger partial charge < -0.3 is 14.2 Å². The van der Waals surface area contributed by atoms with Gasteiger partial charge in [0.25, 0.3) is 0 Å². The van der Waals surface area contributed by atoms with E-state index < -0.39 is 11.2 Å². The number of ether oxygens (including phenoxy) is 3. The van der Waals surface area contributed by atoms with Gasteiger partial charge in [0.15, 0.2) is 0 Å². The molecule has 0 spiro atoms. The molecule has 0 aliphatic carbocycles. The average molecular weight is 471 g/mol. The lowest BCUT2D eigenvalue weighted by Crippen LogP contribution is -2.33. The van der Waals surface area contributed by atoms with Gasteiger partial charge in [-0.2, -0.15) is 0 Å². The molecule has 0 aromatic carbocycles. The summed E-state index contributed by atoms with van der Waals surface area (Å²) in [6, 6.07) is 0. The molecule has 0 heterocycles. The summed E-state index contributed by atoms with van der Waals surface area (Å²) in [7, 11) is 0. The quantitative estimate of drug-likeness (QED) is 0.171. The zero-order valence-corrected chi connectivity index (χ0v) is 21.8. The second-order valence-corrected chi connectivity index (χ2v) is 9.76. The molecular formula is C26H46O7. The fourth-order valence-corrected chi connectivity index (χ4v) is 3.07. The number of carbonyl (C=O) groups is 4. The van der Waals surface area contributed by atoms with Gasteiger partial charge in [-0.05, 0) is 53.4 Å². The molecule has 192 valence electrons. The van der Waals surface area contributed by atoms with Crippen LogP contribution in [-0.4, -0.2) is 47.9 Å². The molecule has 0 aromatic heterocycles. The van der Waals surface area contributed by atoms with Crippen molar-refractivity contribution in [2.45, 2.75) is 130 Å². The van der Waals surface area contributed by atoms with Crippen LogP contribution in [0, 0.1) is 0 Å². The van der Waals surface area contributed by atoms with E-state index in [9.17, 15) is 19.2 Å². The molecule has 0 aliphatic rings. The van der Waals surface area contributed by atoms with Gasteiger partial charge >= 0.3 is 11.9 Å². The first kappa shape index (κ1) is 31.2. The van der Waals surface area contributed by atoms with Crippen LogP contribution in [0.1, 0.15) is 119 Å². The molecule has 0 saturated carbocycles. The Kier molecular flexibility index (Phi) is 15.9. The van der Waals surface area contributed by atoms with Crippen molar-refractivity contribution in [3.63, 3.8) is 0 Å². The number of carbonyl (C=O) groups excluding carboxylic acids is 4. The normalized spacial score (nSPS) is 11.8. The second-order valence-electron chi connectivity index (χ2n) is 9.76. The summed E-state index contributed by atoms with van der Waals surface area (Å²) in [6.07, 6.45) is 6.62. The SMILES string of the molecule is CCC(=O)CCCCC(=O)OCCC(C)(C)OCCC(C)(C)OC(=O)CCCCC(=O)CC. The molecular weight excluding hydrogens is 424 g/mol. The first-order chi connectivity index (χ1) is 15.4. The zero-order valence-electron chi connectivity index (χ0n) is 21.8. The van der Waals surface area contributed by atoms with Crippen LogP contribution in [-0.2, 0) is 33.4 Å². The van der Waals surface area contributed by atoms with E-state index in [1.165, 1.54) is 0 Å². The summed E-state index contributed by atoms with van der Waals surface area (Å²) >= 11 is 0. The summed E-state index contributed by atoms with van der Waals surface area (Å²) in [5.41, 5.74) is -1.11. The topological polar surface area (TPSA) is 96.0 Å². The van der Waals surface area contributed by atoms with E-state index in [-0.39, 0.29) is 30.1 Å². The Bertz CT molecular complexity index is 608. The van der Waals surface area contributed by atoms with Gasteiger partial charge in [0.1, 0.15) is 17.2 Å². The van der Waals surface area contributed by atoms with E-state index in [2.05, 4.69) is 0 Å². The highest BCUT2D eigenvalue weighted by Gasteiger charge is 2.25. The fourth-order valence-electron chi connectivity index (χ4n) is 3.07. The van der Waals surface area contributed by atoms with Crippen LogP contribution in [0.15, 0.2) is 0 Å². The Morgan fingerprint density at radius 3 is 1.58 bits per heavy atom. The predicted octanol–water partition coefficient (Wildman–Crippen LogP) is 5.51. The maximum atomic E-state index is 12.1. The van der Waals surface area contributed by atoms with E-state index in [4.69, 9.17) is 14.2 Å². The Balaban J connectivity index is 4.02. The number of ketones is 2. The van der Waals surface area contributed by atoms with Gasteiger partial charge in [0.05, 0.1) is 18.8 Å². The molecule has 7 heteroatoms. The van der Waals surface area contributed by atoms with E-state index >= 15 is 0 Å². The molecule has 0 radical (unpaired) electrons. The largest absolute Gasteiger partial charge is 0.466 e. The number of unbranched alkanes of at least 4 members (excludes halogenated alkanes) is 2. The highest BCUT2D eigenvalue weighted by molar-refractivity contribution is 5.78. The Hall–Kier alpha value is -1.76. The molecule has 0 aliphatic heterocycles.